The van der Waals surface area contributed by atoms with Crippen molar-refractivity contribution in [2.45, 2.75) is 38.3 Å². The van der Waals surface area contributed by atoms with Crippen molar-refractivity contribution >= 4 is 22.9 Å². The number of nitrogens with zero attached hydrogens (tertiary/aromatic N) is 1. The van der Waals surface area contributed by atoms with E-state index in [-0.39, 0.29) is 18.7 Å². The van der Waals surface area contributed by atoms with Crippen molar-refractivity contribution in [3.05, 3.63) is 50.4 Å². The molecule has 0 aliphatic heterocycles. The Hall–Kier alpha value is -0.940. The Balaban J connectivity index is 1.80. The van der Waals surface area contributed by atoms with Crippen LogP contribution >= 0.6 is 22.9 Å². The number of rotatable bonds is 4. The van der Waals surface area contributed by atoms with E-state index < -0.39 is 0 Å². The number of aryl methyl sites for hydroxylation is 2. The Kier molecular flexibility index (Phi) is 4.60. The maximum atomic E-state index is 9.72. The molecule has 112 valence electrons. The summed E-state index contributed by atoms with van der Waals surface area (Å²) in [5.74, 6) is 0. The van der Waals surface area contributed by atoms with E-state index in [4.69, 9.17) is 11.6 Å². The van der Waals surface area contributed by atoms with Crippen LogP contribution in [0.5, 0.6) is 0 Å². The molecular formula is C16H19ClN2OS. The van der Waals surface area contributed by atoms with Crippen molar-refractivity contribution < 1.29 is 5.11 Å². The van der Waals surface area contributed by atoms with Crippen molar-refractivity contribution in [1.29, 1.82) is 0 Å². The predicted molar refractivity (Wildman–Crippen MR) is 86.9 cm³/mol. The third-order valence-corrected chi connectivity index (χ3v) is 5.29. The molecule has 2 aromatic rings. The zero-order valence-corrected chi connectivity index (χ0v) is 13.5. The fourth-order valence-electron chi connectivity index (χ4n) is 2.89. The van der Waals surface area contributed by atoms with Gasteiger partial charge in [0, 0.05) is 15.9 Å². The van der Waals surface area contributed by atoms with E-state index in [1.807, 2.05) is 24.3 Å². The van der Waals surface area contributed by atoms with E-state index in [1.54, 1.807) is 11.3 Å². The van der Waals surface area contributed by atoms with Gasteiger partial charge in [0.2, 0.25) is 0 Å². The molecule has 0 saturated heterocycles. The first-order chi connectivity index (χ1) is 10.2. The highest BCUT2D eigenvalue weighted by molar-refractivity contribution is 7.11. The molecule has 21 heavy (non-hydrogen) atoms. The number of halogens is 1. The van der Waals surface area contributed by atoms with Crippen LogP contribution in [0.2, 0.25) is 5.02 Å². The highest BCUT2D eigenvalue weighted by atomic mass is 35.5. The van der Waals surface area contributed by atoms with E-state index in [2.05, 4.69) is 17.2 Å². The second kappa shape index (κ2) is 6.44. The van der Waals surface area contributed by atoms with E-state index in [1.165, 1.54) is 10.6 Å². The van der Waals surface area contributed by atoms with E-state index in [0.717, 1.165) is 29.8 Å². The molecule has 0 bridgehead atoms. The third kappa shape index (κ3) is 3.29. The highest BCUT2D eigenvalue weighted by Gasteiger charge is 2.26. The van der Waals surface area contributed by atoms with Crippen LogP contribution < -0.4 is 5.32 Å². The van der Waals surface area contributed by atoms with Crippen molar-refractivity contribution in [1.82, 2.24) is 10.3 Å². The summed E-state index contributed by atoms with van der Waals surface area (Å²) in [5, 5.41) is 15.2. The Labute approximate surface area is 134 Å². The van der Waals surface area contributed by atoms with Gasteiger partial charge in [0.05, 0.1) is 23.4 Å². The molecule has 0 amide bonds. The average Bonchev–Trinajstić information content (AvgIpc) is 2.87. The van der Waals surface area contributed by atoms with Crippen LogP contribution in [0.15, 0.2) is 24.3 Å². The summed E-state index contributed by atoms with van der Waals surface area (Å²) in [6, 6.07) is 7.89. The lowest BCUT2D eigenvalue weighted by atomic mass is 9.96. The molecule has 0 spiro atoms. The first kappa shape index (κ1) is 15.0. The largest absolute Gasteiger partial charge is 0.394 e. The first-order valence-electron chi connectivity index (χ1n) is 7.26. The zero-order chi connectivity index (χ0) is 14.8. The third-order valence-electron chi connectivity index (χ3n) is 3.91. The van der Waals surface area contributed by atoms with Crippen LogP contribution in [-0.2, 0) is 6.42 Å². The second-order valence-corrected chi connectivity index (χ2v) is 7.11. The van der Waals surface area contributed by atoms with E-state index >= 15 is 0 Å². The van der Waals surface area contributed by atoms with Gasteiger partial charge in [-0.25, -0.2) is 4.98 Å². The molecule has 3 nitrogen and oxygen atoms in total. The zero-order valence-electron chi connectivity index (χ0n) is 12.0. The van der Waals surface area contributed by atoms with Gasteiger partial charge in [0.15, 0.2) is 0 Å². The Bertz CT molecular complexity index is 611. The number of hydrogen-bond donors (Lipinski definition) is 2. The molecule has 0 saturated carbocycles. The summed E-state index contributed by atoms with van der Waals surface area (Å²) in [6.07, 6.45) is 3.31. The Morgan fingerprint density at radius 3 is 2.90 bits per heavy atom. The fraction of sp³-hybridized carbons (Fsp3) is 0.438. The van der Waals surface area contributed by atoms with Gasteiger partial charge in [-0.15, -0.1) is 11.3 Å². The van der Waals surface area contributed by atoms with Crippen LogP contribution in [0.4, 0.5) is 0 Å². The Morgan fingerprint density at radius 2 is 2.19 bits per heavy atom. The van der Waals surface area contributed by atoms with Crippen molar-refractivity contribution in [3.63, 3.8) is 0 Å². The van der Waals surface area contributed by atoms with Crippen molar-refractivity contribution in [3.8, 4) is 0 Å². The van der Waals surface area contributed by atoms with Crippen LogP contribution in [0.1, 0.15) is 46.1 Å². The standard InChI is InChI=1S/C16H19ClN2OS/c1-10-18-13-3-2-4-14(16(13)21-10)19-15(9-20)11-5-7-12(17)8-6-11/h5-8,14-15,19-20H,2-4,9H2,1H3. The second-order valence-electron chi connectivity index (χ2n) is 5.44. The monoisotopic (exact) mass is 322 g/mol. The van der Waals surface area contributed by atoms with Crippen LogP contribution in [0.25, 0.3) is 0 Å². The number of benzene rings is 1. The van der Waals surface area contributed by atoms with Gasteiger partial charge >= 0.3 is 0 Å². The highest BCUT2D eigenvalue weighted by Crippen LogP contribution is 2.35. The smallest absolute Gasteiger partial charge is 0.0900 e. The number of fused-ring (bicyclic) bond motifs is 1. The maximum absolute atomic E-state index is 9.72. The normalized spacial score (nSPS) is 19.3. The summed E-state index contributed by atoms with van der Waals surface area (Å²) >= 11 is 7.70. The van der Waals surface area contributed by atoms with Gasteiger partial charge in [-0.3, -0.25) is 0 Å². The lowest BCUT2D eigenvalue weighted by Crippen LogP contribution is -2.30. The molecule has 0 fully saturated rings. The van der Waals surface area contributed by atoms with Gasteiger partial charge in [0.1, 0.15) is 0 Å². The molecule has 1 aromatic carbocycles. The number of thiazole rings is 1. The molecular weight excluding hydrogens is 304 g/mol. The summed E-state index contributed by atoms with van der Waals surface area (Å²) in [7, 11) is 0. The quantitative estimate of drug-likeness (QED) is 0.899. The molecule has 1 heterocycles. The molecule has 3 rings (SSSR count). The van der Waals surface area contributed by atoms with Crippen LogP contribution in [-0.4, -0.2) is 16.7 Å². The van der Waals surface area contributed by atoms with Gasteiger partial charge < -0.3 is 10.4 Å². The predicted octanol–water partition coefficient (Wildman–Crippen LogP) is 3.81. The summed E-state index contributed by atoms with van der Waals surface area (Å²) in [6.45, 7) is 2.13. The minimum atomic E-state index is -0.0689. The number of hydrogen-bond acceptors (Lipinski definition) is 4. The molecule has 2 N–H and O–H groups in total. The lowest BCUT2D eigenvalue weighted by molar-refractivity contribution is 0.229. The maximum Gasteiger partial charge on any atom is 0.0900 e. The minimum Gasteiger partial charge on any atom is -0.394 e. The summed E-state index contributed by atoms with van der Waals surface area (Å²) in [4.78, 5) is 5.96. The summed E-state index contributed by atoms with van der Waals surface area (Å²) in [5.41, 5.74) is 2.30. The minimum absolute atomic E-state index is 0.0689. The Morgan fingerprint density at radius 1 is 1.43 bits per heavy atom. The van der Waals surface area contributed by atoms with Gasteiger partial charge in [0.25, 0.3) is 0 Å². The first-order valence-corrected chi connectivity index (χ1v) is 8.45. The molecule has 1 aliphatic rings. The number of aromatic nitrogens is 1. The molecule has 2 unspecified atom stereocenters. The topological polar surface area (TPSA) is 45.2 Å². The molecule has 5 heteroatoms. The van der Waals surface area contributed by atoms with Crippen molar-refractivity contribution in [2.75, 3.05) is 6.61 Å². The lowest BCUT2D eigenvalue weighted by Gasteiger charge is -2.27. The number of aliphatic hydroxyl groups excluding tert-OH is 1. The van der Waals surface area contributed by atoms with Crippen molar-refractivity contribution in [2.24, 2.45) is 0 Å². The fourth-order valence-corrected chi connectivity index (χ4v) is 4.09. The number of aliphatic hydroxyl groups is 1. The molecule has 1 aliphatic carbocycles. The van der Waals surface area contributed by atoms with E-state index in [9.17, 15) is 5.11 Å². The molecule has 1 aromatic heterocycles. The SMILES string of the molecule is Cc1nc2c(s1)C(NC(CO)c1ccc(Cl)cc1)CCC2. The van der Waals surface area contributed by atoms with Gasteiger partial charge in [-0.1, -0.05) is 23.7 Å². The van der Waals surface area contributed by atoms with E-state index in [0.29, 0.717) is 5.02 Å². The van der Waals surface area contributed by atoms with Gasteiger partial charge in [-0.2, -0.15) is 0 Å². The average molecular weight is 323 g/mol. The number of nitrogens with one attached hydrogen (secondary N) is 1. The summed E-state index contributed by atoms with van der Waals surface area (Å²) < 4.78 is 0. The molecule has 0 radical (unpaired) electrons. The molecule has 2 atom stereocenters. The van der Waals surface area contributed by atoms with Crippen LogP contribution in [0.3, 0.4) is 0 Å². The van der Waals surface area contributed by atoms with Gasteiger partial charge in [-0.05, 0) is 43.9 Å². The van der Waals surface area contributed by atoms with Crippen LogP contribution in [0, 0.1) is 6.92 Å².